The molecule has 1 N–H and O–H groups in total. The number of benzene rings is 1. The van der Waals surface area contributed by atoms with Gasteiger partial charge in [0.15, 0.2) is 0 Å². The van der Waals surface area contributed by atoms with Gasteiger partial charge in [0.25, 0.3) is 0 Å². The number of imidazole rings is 1. The van der Waals surface area contributed by atoms with Gasteiger partial charge in [0.05, 0.1) is 17.6 Å². The number of carboxylic acids is 1. The molecule has 1 heterocycles. The maximum atomic E-state index is 11.0. The molecule has 2 aromatic rings. The highest BCUT2D eigenvalue weighted by atomic mass is 16.4. The van der Waals surface area contributed by atoms with Gasteiger partial charge in [0.2, 0.25) is 0 Å². The van der Waals surface area contributed by atoms with E-state index >= 15 is 0 Å². The summed E-state index contributed by atoms with van der Waals surface area (Å²) in [4.78, 5) is 15.6. The highest BCUT2D eigenvalue weighted by Gasteiger charge is 2.25. The minimum Gasteiger partial charge on any atom is -0.478 e. The lowest BCUT2D eigenvalue weighted by atomic mass is 9.82. The van der Waals surface area contributed by atoms with Crippen LogP contribution in [0.5, 0.6) is 0 Å². The molecule has 2 unspecified atom stereocenters. The van der Waals surface area contributed by atoms with E-state index in [0.29, 0.717) is 23.9 Å². The minimum atomic E-state index is -0.882. The Kier molecular flexibility index (Phi) is 3.53. The molecule has 21 heavy (non-hydrogen) atoms. The zero-order chi connectivity index (χ0) is 15.0. The Labute approximate surface area is 124 Å². The molecule has 0 fully saturated rings. The average molecular weight is 284 g/mol. The number of aromatic carboxylic acids is 1. The first-order chi connectivity index (χ1) is 10.0. The van der Waals surface area contributed by atoms with Gasteiger partial charge in [-0.1, -0.05) is 26.0 Å². The molecule has 0 aliphatic heterocycles. The minimum absolute atomic E-state index is 0.337. The van der Waals surface area contributed by atoms with Crippen molar-refractivity contribution in [3.8, 4) is 0 Å². The topological polar surface area (TPSA) is 55.1 Å². The van der Waals surface area contributed by atoms with Crippen LogP contribution < -0.4 is 0 Å². The van der Waals surface area contributed by atoms with Crippen LogP contribution in [0.2, 0.25) is 0 Å². The normalized spacial score (nSPS) is 21.0. The van der Waals surface area contributed by atoms with E-state index in [1.165, 1.54) is 11.4 Å². The zero-order valence-corrected chi connectivity index (χ0v) is 12.4. The first-order valence-electron chi connectivity index (χ1n) is 7.39. The number of nitrogens with zero attached hydrogens (tertiary/aromatic N) is 2. The van der Waals surface area contributed by atoms with Gasteiger partial charge in [0.1, 0.15) is 0 Å². The van der Waals surface area contributed by atoms with Crippen LogP contribution in [0.25, 0.3) is 0 Å². The Morgan fingerprint density at radius 2 is 2.10 bits per heavy atom. The van der Waals surface area contributed by atoms with Gasteiger partial charge < -0.3 is 9.67 Å². The van der Waals surface area contributed by atoms with Crippen LogP contribution in [0, 0.1) is 11.8 Å². The van der Waals surface area contributed by atoms with E-state index in [9.17, 15) is 4.79 Å². The molecular weight excluding hydrogens is 264 g/mol. The Bertz CT molecular complexity index is 675. The molecule has 2 atom stereocenters. The fraction of sp³-hybridized carbons (Fsp3) is 0.412. The van der Waals surface area contributed by atoms with Crippen LogP contribution in [-0.2, 0) is 19.4 Å². The molecule has 110 valence electrons. The molecule has 1 aliphatic rings. The number of hydrogen-bond donors (Lipinski definition) is 1. The van der Waals surface area contributed by atoms with Crippen molar-refractivity contribution in [1.29, 1.82) is 0 Å². The lowest BCUT2D eigenvalue weighted by molar-refractivity contribution is 0.0696. The molecule has 0 radical (unpaired) electrons. The lowest BCUT2D eigenvalue weighted by Gasteiger charge is -2.26. The Morgan fingerprint density at radius 3 is 2.86 bits per heavy atom. The number of aromatic nitrogens is 2. The van der Waals surface area contributed by atoms with E-state index in [1.807, 2.05) is 12.4 Å². The Morgan fingerprint density at radius 1 is 1.33 bits per heavy atom. The maximum absolute atomic E-state index is 11.0. The van der Waals surface area contributed by atoms with E-state index in [1.54, 1.807) is 18.2 Å². The summed E-state index contributed by atoms with van der Waals surface area (Å²) in [5.41, 5.74) is 3.85. The molecule has 0 saturated heterocycles. The van der Waals surface area contributed by atoms with Gasteiger partial charge in [-0.3, -0.25) is 0 Å². The van der Waals surface area contributed by atoms with Crippen LogP contribution >= 0.6 is 0 Å². The van der Waals surface area contributed by atoms with Gasteiger partial charge in [-0.2, -0.15) is 0 Å². The van der Waals surface area contributed by atoms with Gasteiger partial charge in [-0.05, 0) is 42.4 Å². The molecule has 4 heteroatoms. The zero-order valence-electron chi connectivity index (χ0n) is 12.4. The van der Waals surface area contributed by atoms with Crippen molar-refractivity contribution in [3.05, 3.63) is 53.1 Å². The van der Waals surface area contributed by atoms with Crippen molar-refractivity contribution in [2.45, 2.75) is 33.2 Å². The second-order valence-electron chi connectivity index (χ2n) is 6.13. The summed E-state index contributed by atoms with van der Waals surface area (Å²) in [6.45, 7) is 5.25. The fourth-order valence-electron chi connectivity index (χ4n) is 3.00. The summed E-state index contributed by atoms with van der Waals surface area (Å²) in [6.07, 6.45) is 3.98. The predicted molar refractivity (Wildman–Crippen MR) is 80.5 cm³/mol. The van der Waals surface area contributed by atoms with Crippen LogP contribution in [0.15, 0.2) is 30.6 Å². The highest BCUT2D eigenvalue weighted by molar-refractivity contribution is 5.87. The Hall–Kier alpha value is -2.10. The van der Waals surface area contributed by atoms with Crippen molar-refractivity contribution in [3.63, 3.8) is 0 Å². The molecule has 0 spiro atoms. The molecule has 1 aliphatic carbocycles. The lowest BCUT2D eigenvalue weighted by Crippen LogP contribution is -2.22. The van der Waals surface area contributed by atoms with E-state index in [0.717, 1.165) is 18.4 Å². The smallest absolute Gasteiger partial charge is 0.335 e. The summed E-state index contributed by atoms with van der Waals surface area (Å²) in [5.74, 6) is 0.460. The van der Waals surface area contributed by atoms with Crippen molar-refractivity contribution >= 4 is 5.97 Å². The summed E-state index contributed by atoms with van der Waals surface area (Å²) < 4.78 is 2.17. The largest absolute Gasteiger partial charge is 0.478 e. The van der Waals surface area contributed by atoms with E-state index in [4.69, 9.17) is 5.11 Å². The third-order valence-corrected chi connectivity index (χ3v) is 4.56. The van der Waals surface area contributed by atoms with E-state index < -0.39 is 5.97 Å². The summed E-state index contributed by atoms with van der Waals surface area (Å²) in [6, 6.07) is 7.13. The molecule has 1 aromatic carbocycles. The van der Waals surface area contributed by atoms with Crippen molar-refractivity contribution in [1.82, 2.24) is 9.55 Å². The van der Waals surface area contributed by atoms with Gasteiger partial charge in [0, 0.05) is 12.2 Å². The van der Waals surface area contributed by atoms with Gasteiger partial charge in [-0.25, -0.2) is 9.78 Å². The second kappa shape index (κ2) is 5.35. The monoisotopic (exact) mass is 284 g/mol. The maximum Gasteiger partial charge on any atom is 0.335 e. The van der Waals surface area contributed by atoms with Crippen LogP contribution in [0.3, 0.4) is 0 Å². The number of carbonyl (C=O) groups is 1. The molecule has 3 rings (SSSR count). The number of hydrogen-bond acceptors (Lipinski definition) is 2. The van der Waals surface area contributed by atoms with Crippen LogP contribution in [-0.4, -0.2) is 20.6 Å². The van der Waals surface area contributed by atoms with Gasteiger partial charge >= 0.3 is 5.97 Å². The molecular formula is C17H20N2O2. The first kappa shape index (κ1) is 13.9. The van der Waals surface area contributed by atoms with Crippen LogP contribution in [0.4, 0.5) is 0 Å². The second-order valence-corrected chi connectivity index (χ2v) is 6.13. The third-order valence-electron chi connectivity index (χ3n) is 4.56. The molecule has 1 aromatic heterocycles. The first-order valence-corrected chi connectivity index (χ1v) is 7.39. The van der Waals surface area contributed by atoms with Crippen molar-refractivity contribution < 1.29 is 9.90 Å². The quantitative estimate of drug-likeness (QED) is 0.942. The van der Waals surface area contributed by atoms with Crippen molar-refractivity contribution in [2.24, 2.45) is 11.8 Å². The summed E-state index contributed by atoms with van der Waals surface area (Å²) in [5, 5.41) is 9.07. The van der Waals surface area contributed by atoms with Gasteiger partial charge in [-0.15, -0.1) is 0 Å². The summed E-state index contributed by atoms with van der Waals surface area (Å²) in [7, 11) is 0. The van der Waals surface area contributed by atoms with E-state index in [-0.39, 0.29) is 0 Å². The number of fused-ring (bicyclic) bond motifs is 1. The fourth-order valence-corrected chi connectivity index (χ4v) is 3.00. The van der Waals surface area contributed by atoms with Crippen molar-refractivity contribution in [2.75, 3.05) is 0 Å². The van der Waals surface area contributed by atoms with Crippen LogP contribution in [0.1, 0.15) is 41.2 Å². The number of carboxylic acid groups (broad SMARTS) is 1. The molecule has 0 amide bonds. The standard InChI is InChI=1S/C17H20N2O2/c1-11-6-15-16(7-12(11)2)19(10-18-15)9-13-4-3-5-14(8-13)17(20)21/h3-5,8,10-12H,6-7,9H2,1-2H3,(H,20,21). The Balaban J connectivity index is 1.87. The summed E-state index contributed by atoms with van der Waals surface area (Å²) >= 11 is 0. The SMILES string of the molecule is CC1Cc2ncn(Cc3cccc(C(=O)O)c3)c2CC1C. The number of rotatable bonds is 3. The molecule has 4 nitrogen and oxygen atoms in total. The molecule has 0 saturated carbocycles. The molecule has 0 bridgehead atoms. The third kappa shape index (κ3) is 2.71. The highest BCUT2D eigenvalue weighted by Crippen LogP contribution is 2.29. The van der Waals surface area contributed by atoms with E-state index in [2.05, 4.69) is 23.4 Å². The predicted octanol–water partition coefficient (Wildman–Crippen LogP) is 3.00. The average Bonchev–Trinajstić information content (AvgIpc) is 2.82.